The molecule has 3 N–H and O–H groups in total. The highest BCUT2D eigenvalue weighted by Gasteiger charge is 2.42. The van der Waals surface area contributed by atoms with Crippen LogP contribution in [0, 0.1) is 11.8 Å². The molecule has 29 heavy (non-hydrogen) atoms. The van der Waals surface area contributed by atoms with Gasteiger partial charge in [0.05, 0.1) is 6.10 Å². The number of fused-ring (bicyclic) bond motifs is 1. The van der Waals surface area contributed by atoms with Crippen LogP contribution < -0.4 is 0 Å². The maximum absolute atomic E-state index is 14.5. The zero-order valence-corrected chi connectivity index (χ0v) is 17.3. The van der Waals surface area contributed by atoms with Crippen LogP contribution in [-0.2, 0) is 4.57 Å². The van der Waals surface area contributed by atoms with Crippen molar-refractivity contribution in [3.8, 4) is 0 Å². The maximum Gasteiger partial charge on any atom is 0.505 e. The Bertz CT molecular complexity index is 802. The first-order valence-electron chi connectivity index (χ1n) is 10.2. The van der Waals surface area contributed by atoms with Crippen molar-refractivity contribution in [3.63, 3.8) is 0 Å². The van der Waals surface area contributed by atoms with Gasteiger partial charge in [-0.1, -0.05) is 30.4 Å². The third kappa shape index (κ3) is 5.95. The molecule has 1 heterocycles. The molecule has 0 radical (unpaired) electrons. The van der Waals surface area contributed by atoms with Crippen molar-refractivity contribution in [3.05, 3.63) is 48.2 Å². The number of rotatable bonds is 10. The van der Waals surface area contributed by atoms with Crippen LogP contribution in [0.1, 0.15) is 50.4 Å². The number of hydrogen-bond acceptors (Lipinski definition) is 4. The quantitative estimate of drug-likeness (QED) is 0.283. The minimum absolute atomic E-state index is 0.134. The van der Waals surface area contributed by atoms with E-state index in [0.717, 1.165) is 11.0 Å². The first kappa shape index (κ1) is 22.1. The lowest BCUT2D eigenvalue weighted by atomic mass is 9.86. The van der Waals surface area contributed by atoms with Gasteiger partial charge in [-0.2, -0.15) is 4.89 Å². The summed E-state index contributed by atoms with van der Waals surface area (Å²) in [4.78, 5) is 8.79. The van der Waals surface area contributed by atoms with Crippen molar-refractivity contribution in [1.29, 1.82) is 0 Å². The number of alkyl halides is 1. The third-order valence-electron chi connectivity index (χ3n) is 5.82. The Labute approximate surface area is 171 Å². The van der Waals surface area contributed by atoms with Crippen LogP contribution in [0.5, 0.6) is 0 Å². The van der Waals surface area contributed by atoms with E-state index in [4.69, 9.17) is 9.31 Å². The van der Waals surface area contributed by atoms with Crippen molar-refractivity contribution in [1.82, 2.24) is 0 Å². The average Bonchev–Trinajstić information content (AvgIpc) is 3.23. The Morgan fingerprint density at radius 2 is 2.07 bits per heavy atom. The second-order valence-corrected chi connectivity index (χ2v) is 9.00. The molecule has 0 aliphatic heterocycles. The fourth-order valence-corrected chi connectivity index (χ4v) is 4.69. The second kappa shape index (κ2) is 10.4. The Balaban J connectivity index is 1.53. The zero-order valence-electron chi connectivity index (χ0n) is 16.4. The van der Waals surface area contributed by atoms with Crippen LogP contribution in [0.2, 0.25) is 0 Å². The van der Waals surface area contributed by atoms with E-state index in [9.17, 15) is 19.2 Å². The first-order chi connectivity index (χ1) is 14.0. The van der Waals surface area contributed by atoms with Crippen LogP contribution in [0.4, 0.5) is 4.39 Å². The first-order valence-corrected chi connectivity index (χ1v) is 11.6. The van der Waals surface area contributed by atoms with Gasteiger partial charge in [-0.15, -0.1) is 0 Å². The summed E-state index contributed by atoms with van der Waals surface area (Å²) in [5.74, 6) is -0.00184. The smallest absolute Gasteiger partial charge is 0.458 e. The van der Waals surface area contributed by atoms with E-state index in [0.29, 0.717) is 37.9 Å². The number of benzene rings is 1. The summed E-state index contributed by atoms with van der Waals surface area (Å²) in [5.41, 5.74) is 0.718. The van der Waals surface area contributed by atoms with Crippen molar-refractivity contribution in [2.45, 2.75) is 56.9 Å². The lowest BCUT2D eigenvalue weighted by Crippen LogP contribution is -2.21. The van der Waals surface area contributed by atoms with Crippen molar-refractivity contribution >= 4 is 19.0 Å². The second-order valence-electron chi connectivity index (χ2n) is 7.85. The molecular weight excluding hydrogens is 394 g/mol. The Morgan fingerprint density at radius 1 is 1.28 bits per heavy atom. The maximum atomic E-state index is 14.5. The third-order valence-corrected chi connectivity index (χ3v) is 6.52. The molecule has 5 nitrogen and oxygen atoms in total. The summed E-state index contributed by atoms with van der Waals surface area (Å²) in [6.45, 7) is 0. The molecule has 1 fully saturated rings. The van der Waals surface area contributed by atoms with Crippen LogP contribution in [-0.4, -0.2) is 33.5 Å². The predicted octanol–water partition coefficient (Wildman–Crippen LogP) is 5.04. The highest BCUT2D eigenvalue weighted by molar-refractivity contribution is 7.37. The van der Waals surface area contributed by atoms with Crippen LogP contribution >= 0.6 is 8.03 Å². The highest BCUT2D eigenvalue weighted by atomic mass is 31.1. The molecule has 6 atom stereocenters. The summed E-state index contributed by atoms with van der Waals surface area (Å²) >= 11 is 0. The fourth-order valence-electron chi connectivity index (χ4n) is 4.24. The van der Waals surface area contributed by atoms with Gasteiger partial charge in [-0.3, -0.25) is 0 Å². The molecule has 0 bridgehead atoms. The number of halogens is 1. The lowest BCUT2D eigenvalue weighted by Gasteiger charge is -2.22. The molecular formula is C22H29FO5P+. The van der Waals surface area contributed by atoms with Gasteiger partial charge in [0, 0.05) is 11.8 Å². The monoisotopic (exact) mass is 423 g/mol. The normalized spacial score (nSPS) is 26.4. The SMILES string of the molecule is O=[P+](O)CCC/C=C\C[C@@H]1[C@@H](CCC(O)c2cc3ccccc3o2)[C@@H](F)C[C@@H]1O. The van der Waals surface area contributed by atoms with E-state index < -0.39 is 26.4 Å². The van der Waals surface area contributed by atoms with Gasteiger partial charge in [-0.05, 0) is 60.6 Å². The summed E-state index contributed by atoms with van der Waals surface area (Å²) < 4.78 is 30.8. The molecule has 1 aromatic heterocycles. The molecule has 1 aromatic carbocycles. The van der Waals surface area contributed by atoms with Gasteiger partial charge in [-0.25, -0.2) is 4.39 Å². The van der Waals surface area contributed by atoms with Crippen molar-refractivity contribution in [2.24, 2.45) is 11.8 Å². The molecule has 0 amide bonds. The number of para-hydroxylation sites is 1. The molecule has 1 aliphatic rings. The molecule has 1 saturated carbocycles. The topological polar surface area (TPSA) is 90.9 Å². The molecule has 0 spiro atoms. The number of hydrogen-bond donors (Lipinski definition) is 3. The van der Waals surface area contributed by atoms with Gasteiger partial charge in [0.2, 0.25) is 0 Å². The zero-order chi connectivity index (χ0) is 20.8. The fraction of sp³-hybridized carbons (Fsp3) is 0.545. The number of unbranched alkanes of at least 4 members (excludes halogenated alkanes) is 1. The molecule has 1 aliphatic carbocycles. The van der Waals surface area contributed by atoms with Gasteiger partial charge in [0.1, 0.15) is 23.6 Å². The average molecular weight is 423 g/mol. The van der Waals surface area contributed by atoms with Gasteiger partial charge in [0.15, 0.2) is 6.16 Å². The minimum atomic E-state index is -2.09. The van der Waals surface area contributed by atoms with E-state index in [2.05, 4.69) is 0 Å². The molecule has 3 rings (SSSR count). The molecule has 7 heteroatoms. The van der Waals surface area contributed by atoms with Crippen LogP contribution in [0.25, 0.3) is 11.0 Å². The van der Waals surface area contributed by atoms with Crippen molar-refractivity contribution in [2.75, 3.05) is 6.16 Å². The lowest BCUT2D eigenvalue weighted by molar-refractivity contribution is 0.0983. The number of allylic oxidation sites excluding steroid dienone is 2. The minimum Gasteiger partial charge on any atom is -0.458 e. The van der Waals surface area contributed by atoms with Gasteiger partial charge < -0.3 is 14.6 Å². The van der Waals surface area contributed by atoms with Crippen LogP contribution in [0.15, 0.2) is 46.9 Å². The molecule has 2 unspecified atom stereocenters. The van der Waals surface area contributed by atoms with Crippen molar-refractivity contribution < 1.29 is 28.5 Å². The van der Waals surface area contributed by atoms with E-state index in [1.807, 2.05) is 42.5 Å². The molecule has 0 saturated heterocycles. The molecule has 158 valence electrons. The number of furan rings is 1. The van der Waals surface area contributed by atoms with Gasteiger partial charge in [0.25, 0.3) is 0 Å². The van der Waals surface area contributed by atoms with E-state index >= 15 is 0 Å². The number of aliphatic hydroxyl groups excluding tert-OH is 2. The Hall–Kier alpha value is -1.59. The van der Waals surface area contributed by atoms with E-state index in [1.165, 1.54) is 0 Å². The van der Waals surface area contributed by atoms with E-state index in [-0.39, 0.29) is 24.4 Å². The highest BCUT2D eigenvalue weighted by Crippen LogP contribution is 2.41. The summed E-state index contributed by atoms with van der Waals surface area (Å²) in [6.07, 6.45) is 4.45. The predicted molar refractivity (Wildman–Crippen MR) is 111 cm³/mol. The summed E-state index contributed by atoms with van der Waals surface area (Å²) in [5, 5.41) is 21.7. The molecule has 2 aromatic rings. The standard InChI is InChI=1S/C22H28FO5P/c23-18-14-20(25)17(8-3-1-2-6-12-29(26)27)16(18)10-11-19(24)22-13-15-7-4-5-9-21(15)28-22/h1,3-5,7,9,13,16-20,24-25H,2,6,8,10-12,14H2/p+1/b3-1-/t16-,17-,18+,19?,20+/m1/s1. The number of aliphatic hydroxyl groups is 2. The Morgan fingerprint density at radius 3 is 2.83 bits per heavy atom. The van der Waals surface area contributed by atoms with Gasteiger partial charge >= 0.3 is 8.03 Å². The summed E-state index contributed by atoms with van der Waals surface area (Å²) in [7, 11) is -2.09. The van der Waals surface area contributed by atoms with Crippen LogP contribution in [0.3, 0.4) is 0 Å². The largest absolute Gasteiger partial charge is 0.505 e. The Kier molecular flexibility index (Phi) is 7.96. The summed E-state index contributed by atoms with van der Waals surface area (Å²) in [6, 6.07) is 9.36. The van der Waals surface area contributed by atoms with E-state index in [1.54, 1.807) is 0 Å².